The minimum Gasteiger partial charge on any atom is -0.375 e. The maximum atomic E-state index is 12.2. The van der Waals surface area contributed by atoms with Crippen molar-refractivity contribution < 1.29 is 9.53 Å². The molecule has 0 saturated carbocycles. The van der Waals surface area contributed by atoms with E-state index in [4.69, 9.17) is 4.74 Å². The second-order valence-corrected chi connectivity index (χ2v) is 4.96. The summed E-state index contributed by atoms with van der Waals surface area (Å²) < 4.78 is 5.68. The molecule has 2 atom stereocenters. The molecule has 5 heteroatoms. The minimum absolute atomic E-state index is 0.0267. The van der Waals surface area contributed by atoms with E-state index in [2.05, 4.69) is 15.2 Å². The van der Waals surface area contributed by atoms with Crippen LogP contribution in [-0.4, -0.2) is 54.7 Å². The Labute approximate surface area is 114 Å². The lowest BCUT2D eigenvalue weighted by molar-refractivity contribution is 0.0512. The molecular weight excluding hydrogens is 242 g/mol. The van der Waals surface area contributed by atoms with E-state index >= 15 is 0 Å². The minimum atomic E-state index is -0.122. The van der Waals surface area contributed by atoms with Gasteiger partial charge in [-0.2, -0.15) is 0 Å². The third-order valence-electron chi connectivity index (χ3n) is 3.37. The van der Waals surface area contributed by atoms with Crippen molar-refractivity contribution in [1.29, 1.82) is 0 Å². The fourth-order valence-electron chi connectivity index (χ4n) is 2.44. The van der Waals surface area contributed by atoms with Crippen LogP contribution < -0.4 is 5.32 Å². The number of likely N-dealkylation sites (N-methyl/N-ethyl adjacent to an activating group) is 1. The molecule has 0 aromatic carbocycles. The molecule has 1 N–H and O–H groups in total. The lowest BCUT2D eigenvalue weighted by Crippen LogP contribution is -2.44. The molecule has 1 fully saturated rings. The number of hydrogen-bond acceptors (Lipinski definition) is 4. The van der Waals surface area contributed by atoms with Gasteiger partial charge in [-0.3, -0.25) is 9.78 Å². The van der Waals surface area contributed by atoms with Gasteiger partial charge in [-0.05, 0) is 32.5 Å². The molecular formula is C14H21N3O2. The molecule has 104 valence electrons. The molecule has 2 rings (SSSR count). The fourth-order valence-corrected chi connectivity index (χ4v) is 2.44. The number of rotatable bonds is 4. The Morgan fingerprint density at radius 1 is 1.58 bits per heavy atom. The molecule has 5 nitrogen and oxygen atoms in total. The van der Waals surface area contributed by atoms with Gasteiger partial charge >= 0.3 is 0 Å². The first kappa shape index (κ1) is 14.0. The normalized spacial score (nSPS) is 23.5. The number of aromatic nitrogens is 1. The molecule has 0 unspecified atom stereocenters. The first-order valence-corrected chi connectivity index (χ1v) is 6.64. The molecule has 2 heterocycles. The van der Waals surface area contributed by atoms with Gasteiger partial charge in [0.25, 0.3) is 5.91 Å². The Hall–Kier alpha value is -1.46. The molecule has 0 spiro atoms. The molecule has 1 aliphatic heterocycles. The number of pyridine rings is 1. The van der Waals surface area contributed by atoms with Crippen LogP contribution in [0, 0.1) is 6.92 Å². The van der Waals surface area contributed by atoms with E-state index in [1.54, 1.807) is 6.20 Å². The van der Waals surface area contributed by atoms with Crippen LogP contribution in [0.15, 0.2) is 18.3 Å². The number of hydrogen-bond donors (Lipinski definition) is 1. The van der Waals surface area contributed by atoms with Crippen LogP contribution in [0.5, 0.6) is 0 Å². The van der Waals surface area contributed by atoms with Gasteiger partial charge in [0.05, 0.1) is 12.1 Å². The van der Waals surface area contributed by atoms with Gasteiger partial charge in [0, 0.05) is 25.9 Å². The highest BCUT2D eigenvalue weighted by atomic mass is 16.5. The molecule has 1 aromatic heterocycles. The Morgan fingerprint density at radius 3 is 3.05 bits per heavy atom. The SMILES string of the molecule is CCO[C@H]1CN(C)C[C@@H]1NC(=O)c1ncccc1C. The average Bonchev–Trinajstić information content (AvgIpc) is 2.70. The quantitative estimate of drug-likeness (QED) is 0.874. The van der Waals surface area contributed by atoms with E-state index in [1.807, 2.05) is 33.0 Å². The summed E-state index contributed by atoms with van der Waals surface area (Å²) in [6.07, 6.45) is 1.70. The van der Waals surface area contributed by atoms with Gasteiger partial charge in [0.2, 0.25) is 0 Å². The summed E-state index contributed by atoms with van der Waals surface area (Å²) in [5.41, 5.74) is 1.38. The third-order valence-corrected chi connectivity index (χ3v) is 3.37. The Bertz CT molecular complexity index is 450. The maximum Gasteiger partial charge on any atom is 0.270 e. The van der Waals surface area contributed by atoms with Gasteiger partial charge in [-0.25, -0.2) is 0 Å². The van der Waals surface area contributed by atoms with E-state index in [9.17, 15) is 4.79 Å². The standard InChI is InChI=1S/C14H21N3O2/c1-4-19-12-9-17(3)8-11(12)16-14(18)13-10(2)6-5-7-15-13/h5-7,11-12H,4,8-9H2,1-3H3,(H,16,18)/t11-,12-/m0/s1. The van der Waals surface area contributed by atoms with Crippen molar-refractivity contribution in [2.24, 2.45) is 0 Å². The highest BCUT2D eigenvalue weighted by Gasteiger charge is 2.32. The molecule has 0 aliphatic carbocycles. The molecule has 0 radical (unpaired) electrons. The van der Waals surface area contributed by atoms with Gasteiger partial charge in [0.1, 0.15) is 5.69 Å². The van der Waals surface area contributed by atoms with E-state index in [1.165, 1.54) is 0 Å². The van der Waals surface area contributed by atoms with Gasteiger partial charge in [0.15, 0.2) is 0 Å². The van der Waals surface area contributed by atoms with Crippen LogP contribution >= 0.6 is 0 Å². The zero-order valence-corrected chi connectivity index (χ0v) is 11.7. The van der Waals surface area contributed by atoms with Crippen molar-refractivity contribution in [2.75, 3.05) is 26.7 Å². The Morgan fingerprint density at radius 2 is 2.37 bits per heavy atom. The predicted molar refractivity (Wildman–Crippen MR) is 73.1 cm³/mol. The van der Waals surface area contributed by atoms with Crippen molar-refractivity contribution in [1.82, 2.24) is 15.2 Å². The van der Waals surface area contributed by atoms with E-state index < -0.39 is 0 Å². The summed E-state index contributed by atoms with van der Waals surface area (Å²) in [5, 5.41) is 3.03. The summed E-state index contributed by atoms with van der Waals surface area (Å²) in [5.74, 6) is -0.122. The zero-order chi connectivity index (χ0) is 13.8. The van der Waals surface area contributed by atoms with Crippen molar-refractivity contribution in [3.05, 3.63) is 29.6 Å². The van der Waals surface area contributed by atoms with Crippen LogP contribution in [-0.2, 0) is 4.74 Å². The fraction of sp³-hybridized carbons (Fsp3) is 0.571. The summed E-state index contributed by atoms with van der Waals surface area (Å²) in [6, 6.07) is 3.75. The third kappa shape index (κ3) is 3.30. The largest absolute Gasteiger partial charge is 0.375 e. The molecule has 1 aromatic rings. The van der Waals surface area contributed by atoms with Crippen LogP contribution in [0.25, 0.3) is 0 Å². The second-order valence-electron chi connectivity index (χ2n) is 4.96. The van der Waals surface area contributed by atoms with Crippen LogP contribution in [0.2, 0.25) is 0 Å². The number of carbonyl (C=O) groups excluding carboxylic acids is 1. The zero-order valence-electron chi connectivity index (χ0n) is 11.7. The number of likely N-dealkylation sites (tertiary alicyclic amines) is 1. The van der Waals surface area contributed by atoms with E-state index in [-0.39, 0.29) is 18.1 Å². The maximum absolute atomic E-state index is 12.2. The number of carbonyl (C=O) groups is 1. The monoisotopic (exact) mass is 263 g/mol. The van der Waals surface area contributed by atoms with Crippen molar-refractivity contribution in [3.8, 4) is 0 Å². The second kappa shape index (κ2) is 6.12. The molecule has 19 heavy (non-hydrogen) atoms. The lowest BCUT2D eigenvalue weighted by atomic mass is 10.1. The summed E-state index contributed by atoms with van der Waals surface area (Å²) in [6.45, 7) is 6.18. The number of amides is 1. The van der Waals surface area contributed by atoms with Crippen molar-refractivity contribution in [2.45, 2.75) is 26.0 Å². The average molecular weight is 263 g/mol. The van der Waals surface area contributed by atoms with Crippen molar-refractivity contribution >= 4 is 5.91 Å². The van der Waals surface area contributed by atoms with Gasteiger partial charge in [-0.1, -0.05) is 6.07 Å². The highest BCUT2D eigenvalue weighted by molar-refractivity contribution is 5.93. The van der Waals surface area contributed by atoms with Gasteiger partial charge < -0.3 is 15.0 Å². The van der Waals surface area contributed by atoms with E-state index in [0.29, 0.717) is 12.3 Å². The van der Waals surface area contributed by atoms with Crippen LogP contribution in [0.3, 0.4) is 0 Å². The summed E-state index contributed by atoms with van der Waals surface area (Å²) in [7, 11) is 2.03. The Kier molecular flexibility index (Phi) is 4.50. The number of aryl methyl sites for hydroxylation is 1. The smallest absolute Gasteiger partial charge is 0.270 e. The number of ether oxygens (including phenoxy) is 1. The van der Waals surface area contributed by atoms with Crippen LogP contribution in [0.4, 0.5) is 0 Å². The van der Waals surface area contributed by atoms with Crippen LogP contribution in [0.1, 0.15) is 23.0 Å². The summed E-state index contributed by atoms with van der Waals surface area (Å²) >= 11 is 0. The molecule has 0 bridgehead atoms. The predicted octanol–water partition coefficient (Wildman–Crippen LogP) is 0.839. The first-order valence-electron chi connectivity index (χ1n) is 6.64. The number of nitrogens with one attached hydrogen (secondary N) is 1. The van der Waals surface area contributed by atoms with Gasteiger partial charge in [-0.15, -0.1) is 0 Å². The topological polar surface area (TPSA) is 54.5 Å². The Balaban J connectivity index is 2.04. The van der Waals surface area contributed by atoms with Crippen molar-refractivity contribution in [3.63, 3.8) is 0 Å². The lowest BCUT2D eigenvalue weighted by Gasteiger charge is -2.19. The number of nitrogens with zero attached hydrogens (tertiary/aromatic N) is 2. The highest BCUT2D eigenvalue weighted by Crippen LogP contribution is 2.13. The molecule has 1 aliphatic rings. The molecule has 1 amide bonds. The first-order chi connectivity index (χ1) is 9.11. The van der Waals surface area contributed by atoms with E-state index in [0.717, 1.165) is 18.7 Å². The summed E-state index contributed by atoms with van der Waals surface area (Å²) in [4.78, 5) is 18.5. The molecule has 1 saturated heterocycles.